The van der Waals surface area contributed by atoms with E-state index in [1.807, 2.05) is 18.2 Å². The van der Waals surface area contributed by atoms with Gasteiger partial charge in [-0.25, -0.2) is 0 Å². The normalized spacial score (nSPS) is 11.5. The van der Waals surface area contributed by atoms with Gasteiger partial charge in [0.2, 0.25) is 0 Å². The van der Waals surface area contributed by atoms with Crippen molar-refractivity contribution in [1.82, 2.24) is 5.01 Å². The molecule has 0 aliphatic carbocycles. The highest BCUT2D eigenvalue weighted by atomic mass is 35.5. The van der Waals surface area contributed by atoms with E-state index in [1.54, 1.807) is 37.6 Å². The number of rotatable bonds is 8. The fourth-order valence-corrected chi connectivity index (χ4v) is 3.11. The molecule has 0 radical (unpaired) electrons. The van der Waals surface area contributed by atoms with Crippen molar-refractivity contribution in [3.05, 3.63) is 63.3 Å². The molecule has 0 unspecified atom stereocenters. The largest absolute Gasteiger partial charge is 0.496 e. The molecule has 5 nitrogen and oxygen atoms in total. The Morgan fingerprint density at radius 3 is 2.36 bits per heavy atom. The quantitative estimate of drug-likeness (QED) is 0.450. The lowest BCUT2D eigenvalue weighted by atomic mass is 9.97. The SMILES string of the molecule is C=NN(/C=C(\N)c1cc(C(C)C)c(OC)cc1OC)Cc1ccc(Cl)c(Cl)c1. The molecule has 0 aliphatic rings. The number of methoxy groups -OCH3 is 2. The Morgan fingerprint density at radius 2 is 1.82 bits per heavy atom. The van der Waals surface area contributed by atoms with Crippen molar-refractivity contribution in [2.75, 3.05) is 14.2 Å². The van der Waals surface area contributed by atoms with Crippen LogP contribution >= 0.6 is 23.2 Å². The molecule has 7 heteroatoms. The second-order valence-electron chi connectivity index (χ2n) is 6.52. The number of ether oxygens (including phenoxy) is 2. The van der Waals surface area contributed by atoms with Crippen LogP contribution in [0, 0.1) is 0 Å². The first kappa shape index (κ1) is 21.9. The summed E-state index contributed by atoms with van der Waals surface area (Å²) in [6, 6.07) is 9.23. The number of hydrogen-bond donors (Lipinski definition) is 1. The van der Waals surface area contributed by atoms with Gasteiger partial charge in [0.1, 0.15) is 11.5 Å². The molecule has 28 heavy (non-hydrogen) atoms. The van der Waals surface area contributed by atoms with Gasteiger partial charge in [0.25, 0.3) is 0 Å². The molecule has 0 fully saturated rings. The maximum atomic E-state index is 6.38. The van der Waals surface area contributed by atoms with E-state index in [2.05, 4.69) is 25.7 Å². The maximum Gasteiger partial charge on any atom is 0.131 e. The molecule has 2 rings (SSSR count). The lowest BCUT2D eigenvalue weighted by Gasteiger charge is -2.19. The molecule has 0 aliphatic heterocycles. The van der Waals surface area contributed by atoms with E-state index < -0.39 is 0 Å². The van der Waals surface area contributed by atoms with Gasteiger partial charge in [0.05, 0.1) is 36.5 Å². The molecule has 0 atom stereocenters. The van der Waals surface area contributed by atoms with E-state index in [4.69, 9.17) is 38.4 Å². The summed E-state index contributed by atoms with van der Waals surface area (Å²) in [6.45, 7) is 8.25. The van der Waals surface area contributed by atoms with Crippen LogP contribution in [0.3, 0.4) is 0 Å². The summed E-state index contributed by atoms with van der Waals surface area (Å²) >= 11 is 12.1. The predicted octanol–water partition coefficient (Wildman–Crippen LogP) is 5.51. The summed E-state index contributed by atoms with van der Waals surface area (Å²) in [7, 11) is 3.24. The minimum absolute atomic E-state index is 0.261. The topological polar surface area (TPSA) is 60.1 Å². The highest BCUT2D eigenvalue weighted by Crippen LogP contribution is 2.35. The first-order chi connectivity index (χ1) is 13.3. The van der Waals surface area contributed by atoms with Crippen molar-refractivity contribution >= 4 is 35.6 Å². The van der Waals surface area contributed by atoms with Crippen molar-refractivity contribution in [2.24, 2.45) is 10.8 Å². The monoisotopic (exact) mass is 421 g/mol. The Kier molecular flexibility index (Phi) is 7.61. The molecular weight excluding hydrogens is 397 g/mol. The van der Waals surface area contributed by atoms with Crippen LogP contribution < -0.4 is 15.2 Å². The number of hydrazone groups is 1. The van der Waals surface area contributed by atoms with E-state index in [9.17, 15) is 0 Å². The third-order valence-electron chi connectivity index (χ3n) is 4.28. The molecule has 0 heterocycles. The molecule has 2 aromatic carbocycles. The number of nitrogens with two attached hydrogens (primary N) is 1. The molecule has 150 valence electrons. The second kappa shape index (κ2) is 9.71. The van der Waals surface area contributed by atoms with E-state index in [0.29, 0.717) is 28.0 Å². The van der Waals surface area contributed by atoms with Gasteiger partial charge in [-0.15, -0.1) is 0 Å². The Bertz CT molecular complexity index is 882. The van der Waals surface area contributed by atoms with E-state index >= 15 is 0 Å². The van der Waals surface area contributed by atoms with Crippen LogP contribution in [-0.4, -0.2) is 25.9 Å². The summed E-state index contributed by atoms with van der Waals surface area (Å²) in [5.74, 6) is 1.64. The third kappa shape index (κ3) is 5.12. The first-order valence-electron chi connectivity index (χ1n) is 8.71. The minimum Gasteiger partial charge on any atom is -0.496 e. The van der Waals surface area contributed by atoms with Crippen molar-refractivity contribution in [1.29, 1.82) is 0 Å². The number of hydrogen-bond acceptors (Lipinski definition) is 5. The van der Waals surface area contributed by atoms with Crippen molar-refractivity contribution < 1.29 is 9.47 Å². The zero-order valence-electron chi connectivity index (χ0n) is 16.5. The Morgan fingerprint density at radius 1 is 1.14 bits per heavy atom. The number of benzene rings is 2. The van der Waals surface area contributed by atoms with Crippen molar-refractivity contribution in [3.63, 3.8) is 0 Å². The molecule has 2 N–H and O–H groups in total. The number of halogens is 2. The van der Waals surface area contributed by atoms with Crippen molar-refractivity contribution in [2.45, 2.75) is 26.3 Å². The highest BCUT2D eigenvalue weighted by molar-refractivity contribution is 6.42. The molecule has 2 aromatic rings. The van der Waals surface area contributed by atoms with Crippen molar-refractivity contribution in [3.8, 4) is 11.5 Å². The summed E-state index contributed by atoms with van der Waals surface area (Å²) < 4.78 is 11.0. The van der Waals surface area contributed by atoms with Crippen LogP contribution in [-0.2, 0) is 6.54 Å². The Balaban J connectivity index is 2.39. The van der Waals surface area contributed by atoms with Gasteiger partial charge >= 0.3 is 0 Å². The molecule has 0 aromatic heterocycles. The summed E-state index contributed by atoms with van der Waals surface area (Å²) in [6.07, 6.45) is 1.71. The van der Waals surface area contributed by atoms with Gasteiger partial charge in [-0.2, -0.15) is 5.10 Å². The Labute approximate surface area is 176 Å². The molecule has 0 saturated carbocycles. The number of nitrogens with zero attached hydrogens (tertiary/aromatic N) is 2. The Hall–Kier alpha value is -2.37. The van der Waals surface area contributed by atoms with Gasteiger partial charge in [-0.1, -0.05) is 43.1 Å². The molecule has 0 bridgehead atoms. The minimum atomic E-state index is 0.261. The molecule has 0 amide bonds. The van der Waals surface area contributed by atoms with Gasteiger partial charge < -0.3 is 15.2 Å². The summed E-state index contributed by atoms with van der Waals surface area (Å²) in [5.41, 5.74) is 9.60. The van der Waals surface area contributed by atoms with Gasteiger partial charge in [0, 0.05) is 24.5 Å². The van der Waals surface area contributed by atoms with Crippen LogP contribution in [0.15, 0.2) is 41.6 Å². The van der Waals surface area contributed by atoms with E-state index in [1.165, 1.54) is 0 Å². The first-order valence-corrected chi connectivity index (χ1v) is 9.47. The highest BCUT2D eigenvalue weighted by Gasteiger charge is 2.16. The zero-order chi connectivity index (χ0) is 20.8. The fraction of sp³-hybridized carbons (Fsp3) is 0.286. The van der Waals surface area contributed by atoms with Crippen LogP contribution in [0.25, 0.3) is 5.70 Å². The maximum absolute atomic E-state index is 6.38. The standard InChI is InChI=1S/C21H25Cl2N3O2/c1-13(2)15-9-16(21(28-5)10-20(15)27-4)19(24)12-26(25-3)11-14-6-7-17(22)18(23)8-14/h6-10,12-13H,3,11,24H2,1-2,4-5H3/b19-12-. The van der Waals surface area contributed by atoms with E-state index in [0.717, 1.165) is 22.4 Å². The fourth-order valence-electron chi connectivity index (χ4n) is 2.79. The smallest absolute Gasteiger partial charge is 0.131 e. The predicted molar refractivity (Wildman–Crippen MR) is 117 cm³/mol. The summed E-state index contributed by atoms with van der Waals surface area (Å²) in [4.78, 5) is 0. The van der Waals surface area contributed by atoms with Crippen LogP contribution in [0.5, 0.6) is 11.5 Å². The van der Waals surface area contributed by atoms with Gasteiger partial charge in [-0.05, 0) is 35.2 Å². The third-order valence-corrected chi connectivity index (χ3v) is 5.02. The van der Waals surface area contributed by atoms with Gasteiger partial charge in [-0.3, -0.25) is 5.01 Å². The van der Waals surface area contributed by atoms with Crippen LogP contribution in [0.1, 0.15) is 36.5 Å². The molecule has 0 spiro atoms. The lowest BCUT2D eigenvalue weighted by Crippen LogP contribution is -2.13. The van der Waals surface area contributed by atoms with Gasteiger partial charge in [0.15, 0.2) is 0 Å². The van der Waals surface area contributed by atoms with Crippen LogP contribution in [0.4, 0.5) is 0 Å². The average molecular weight is 422 g/mol. The average Bonchev–Trinajstić information content (AvgIpc) is 2.68. The van der Waals surface area contributed by atoms with Crippen LogP contribution in [0.2, 0.25) is 10.0 Å². The lowest BCUT2D eigenvalue weighted by molar-refractivity contribution is 0.387. The second-order valence-corrected chi connectivity index (χ2v) is 7.34. The molecule has 0 saturated heterocycles. The zero-order valence-corrected chi connectivity index (χ0v) is 18.0. The van der Waals surface area contributed by atoms with E-state index in [-0.39, 0.29) is 5.92 Å². The summed E-state index contributed by atoms with van der Waals surface area (Å²) in [5, 5.41) is 6.65. The molecular formula is C21H25Cl2N3O2.